The maximum Gasteiger partial charge on any atom is 0.243 e. The van der Waals surface area contributed by atoms with Gasteiger partial charge in [-0.05, 0) is 75.9 Å². The number of nitrogens with one attached hydrogen (secondary N) is 1. The van der Waals surface area contributed by atoms with Gasteiger partial charge in [-0.2, -0.15) is 4.31 Å². The maximum absolute atomic E-state index is 13.3. The van der Waals surface area contributed by atoms with Crippen molar-refractivity contribution in [1.29, 1.82) is 0 Å². The van der Waals surface area contributed by atoms with E-state index in [0.29, 0.717) is 36.6 Å². The number of nitrogens with zero attached hydrogens (tertiary/aromatic N) is 1. The molecule has 3 rings (SSSR count). The lowest BCUT2D eigenvalue weighted by Crippen LogP contribution is -2.44. The van der Waals surface area contributed by atoms with Gasteiger partial charge in [0.1, 0.15) is 5.75 Å². The average molecular weight is 431 g/mol. The van der Waals surface area contributed by atoms with Crippen molar-refractivity contribution >= 4 is 21.6 Å². The van der Waals surface area contributed by atoms with Crippen molar-refractivity contribution in [3.63, 3.8) is 0 Å². The number of ether oxygens (including phenoxy) is 1. The van der Waals surface area contributed by atoms with E-state index in [0.717, 1.165) is 22.4 Å². The second-order valence-corrected chi connectivity index (χ2v) is 9.75. The Morgan fingerprint density at radius 2 is 1.77 bits per heavy atom. The summed E-state index contributed by atoms with van der Waals surface area (Å²) in [5, 5.41) is 2.91. The van der Waals surface area contributed by atoms with E-state index >= 15 is 0 Å². The molecule has 0 saturated carbocycles. The summed E-state index contributed by atoms with van der Waals surface area (Å²) in [5.74, 6) is 0.205. The van der Waals surface area contributed by atoms with Crippen LogP contribution in [0.2, 0.25) is 0 Å². The standard InChI is InChI=1S/C23H30N2O4S/c1-5-29-21-10-8-20(9-11-21)24-23(26)19-7-6-12-25(15-19)30(27,28)22-17(3)13-16(2)14-18(22)4/h8-11,13-14,19H,5-7,12,15H2,1-4H3,(H,24,26)/t19-/m0/s1. The van der Waals surface area contributed by atoms with Crippen molar-refractivity contribution in [2.45, 2.75) is 45.4 Å². The molecule has 1 heterocycles. The summed E-state index contributed by atoms with van der Waals surface area (Å²) in [7, 11) is -3.65. The molecule has 1 atom stereocenters. The quantitative estimate of drug-likeness (QED) is 0.750. The normalized spacial score (nSPS) is 17.5. The first-order valence-corrected chi connectivity index (χ1v) is 11.8. The summed E-state index contributed by atoms with van der Waals surface area (Å²) in [5.41, 5.74) is 3.20. The summed E-state index contributed by atoms with van der Waals surface area (Å²) >= 11 is 0. The van der Waals surface area contributed by atoms with E-state index in [4.69, 9.17) is 4.74 Å². The number of sulfonamides is 1. The average Bonchev–Trinajstić information content (AvgIpc) is 2.69. The summed E-state index contributed by atoms with van der Waals surface area (Å²) < 4.78 is 33.6. The molecule has 30 heavy (non-hydrogen) atoms. The van der Waals surface area contributed by atoms with Gasteiger partial charge in [-0.3, -0.25) is 4.79 Å². The minimum absolute atomic E-state index is 0.156. The fourth-order valence-corrected chi connectivity index (χ4v) is 6.06. The fourth-order valence-electron chi connectivity index (χ4n) is 4.12. The van der Waals surface area contributed by atoms with Gasteiger partial charge in [-0.1, -0.05) is 17.7 Å². The van der Waals surface area contributed by atoms with Crippen molar-refractivity contribution in [2.24, 2.45) is 5.92 Å². The molecule has 1 fully saturated rings. The van der Waals surface area contributed by atoms with Crippen LogP contribution in [0.5, 0.6) is 5.75 Å². The predicted octanol–water partition coefficient (Wildman–Crippen LogP) is 4.05. The fraction of sp³-hybridized carbons (Fsp3) is 0.435. The highest BCUT2D eigenvalue weighted by atomic mass is 32.2. The Balaban J connectivity index is 1.74. The van der Waals surface area contributed by atoms with Gasteiger partial charge >= 0.3 is 0 Å². The number of hydrogen-bond acceptors (Lipinski definition) is 4. The van der Waals surface area contributed by atoms with E-state index in [-0.39, 0.29) is 18.4 Å². The number of amides is 1. The van der Waals surface area contributed by atoms with Crippen LogP contribution < -0.4 is 10.1 Å². The first-order valence-electron chi connectivity index (χ1n) is 10.3. The van der Waals surface area contributed by atoms with E-state index in [9.17, 15) is 13.2 Å². The lowest BCUT2D eigenvalue weighted by molar-refractivity contribution is -0.120. The minimum atomic E-state index is -3.65. The molecule has 2 aromatic carbocycles. The zero-order valence-electron chi connectivity index (χ0n) is 18.1. The molecular formula is C23H30N2O4S. The zero-order chi connectivity index (χ0) is 21.9. The molecule has 6 nitrogen and oxygen atoms in total. The third kappa shape index (κ3) is 4.84. The number of anilines is 1. The lowest BCUT2D eigenvalue weighted by Gasteiger charge is -2.32. The smallest absolute Gasteiger partial charge is 0.243 e. The maximum atomic E-state index is 13.3. The highest BCUT2D eigenvalue weighted by Gasteiger charge is 2.34. The van der Waals surface area contributed by atoms with Crippen LogP contribution in [-0.4, -0.2) is 38.3 Å². The number of carbonyl (C=O) groups is 1. The number of benzene rings is 2. The van der Waals surface area contributed by atoms with Gasteiger partial charge in [0.05, 0.1) is 17.4 Å². The number of carbonyl (C=O) groups excluding carboxylic acids is 1. The SMILES string of the molecule is CCOc1ccc(NC(=O)[C@H]2CCCN(S(=O)(=O)c3c(C)cc(C)cc3C)C2)cc1. The molecule has 0 bridgehead atoms. The van der Waals surface area contributed by atoms with Gasteiger partial charge in [0.25, 0.3) is 0 Å². The van der Waals surface area contributed by atoms with Crippen LogP contribution in [-0.2, 0) is 14.8 Å². The van der Waals surface area contributed by atoms with Crippen molar-refractivity contribution in [3.8, 4) is 5.75 Å². The molecule has 0 aromatic heterocycles. The van der Waals surface area contributed by atoms with Crippen LogP contribution >= 0.6 is 0 Å². The van der Waals surface area contributed by atoms with Crippen molar-refractivity contribution in [3.05, 3.63) is 53.1 Å². The topological polar surface area (TPSA) is 75.7 Å². The van der Waals surface area contributed by atoms with Crippen LogP contribution in [0.1, 0.15) is 36.5 Å². The Morgan fingerprint density at radius 1 is 1.13 bits per heavy atom. The van der Waals surface area contributed by atoms with E-state index in [2.05, 4.69) is 5.32 Å². The van der Waals surface area contributed by atoms with Crippen LogP contribution in [0.3, 0.4) is 0 Å². The van der Waals surface area contributed by atoms with Crippen molar-refractivity contribution in [1.82, 2.24) is 4.31 Å². The molecule has 1 aliphatic rings. The number of aryl methyl sites for hydroxylation is 3. The first-order chi connectivity index (χ1) is 14.2. The van der Waals surface area contributed by atoms with Crippen LogP contribution in [0, 0.1) is 26.7 Å². The summed E-state index contributed by atoms with van der Waals surface area (Å²) in [6.07, 6.45) is 1.32. The largest absolute Gasteiger partial charge is 0.494 e. The second-order valence-electron chi connectivity index (χ2n) is 7.88. The Morgan fingerprint density at radius 3 is 2.37 bits per heavy atom. The lowest BCUT2D eigenvalue weighted by atomic mass is 9.98. The number of hydrogen-bond donors (Lipinski definition) is 1. The number of rotatable bonds is 6. The minimum Gasteiger partial charge on any atom is -0.494 e. The monoisotopic (exact) mass is 430 g/mol. The van der Waals surface area contributed by atoms with Crippen molar-refractivity contribution < 1.29 is 17.9 Å². The highest BCUT2D eigenvalue weighted by Crippen LogP contribution is 2.29. The molecule has 1 N–H and O–H groups in total. The molecule has 0 unspecified atom stereocenters. The molecule has 7 heteroatoms. The summed E-state index contributed by atoms with van der Waals surface area (Å²) in [6, 6.07) is 11.0. The Labute approximate surface area is 179 Å². The van der Waals surface area contributed by atoms with Gasteiger partial charge < -0.3 is 10.1 Å². The first kappa shape index (κ1) is 22.3. The molecule has 0 spiro atoms. The summed E-state index contributed by atoms with van der Waals surface area (Å²) in [4.78, 5) is 13.2. The Hall–Kier alpha value is -2.38. The second kappa shape index (κ2) is 9.18. The van der Waals surface area contributed by atoms with Crippen LogP contribution in [0.4, 0.5) is 5.69 Å². The Bertz CT molecular complexity index is 993. The van der Waals surface area contributed by atoms with E-state index in [1.807, 2.05) is 39.8 Å². The molecule has 0 radical (unpaired) electrons. The molecule has 162 valence electrons. The summed E-state index contributed by atoms with van der Waals surface area (Å²) in [6.45, 7) is 8.73. The van der Waals surface area contributed by atoms with Gasteiger partial charge in [-0.25, -0.2) is 8.42 Å². The molecule has 2 aromatic rings. The van der Waals surface area contributed by atoms with Gasteiger partial charge in [0.15, 0.2) is 0 Å². The van der Waals surface area contributed by atoms with Crippen molar-refractivity contribution in [2.75, 3.05) is 25.0 Å². The highest BCUT2D eigenvalue weighted by molar-refractivity contribution is 7.89. The van der Waals surface area contributed by atoms with Crippen LogP contribution in [0.25, 0.3) is 0 Å². The van der Waals surface area contributed by atoms with Gasteiger partial charge in [0, 0.05) is 18.8 Å². The van der Waals surface area contributed by atoms with E-state index in [1.165, 1.54) is 4.31 Å². The van der Waals surface area contributed by atoms with Gasteiger partial charge in [0.2, 0.25) is 15.9 Å². The van der Waals surface area contributed by atoms with Crippen LogP contribution in [0.15, 0.2) is 41.3 Å². The predicted molar refractivity (Wildman–Crippen MR) is 118 cm³/mol. The van der Waals surface area contributed by atoms with E-state index < -0.39 is 10.0 Å². The number of piperidine rings is 1. The van der Waals surface area contributed by atoms with E-state index in [1.54, 1.807) is 24.3 Å². The molecule has 1 saturated heterocycles. The third-order valence-electron chi connectivity index (χ3n) is 5.39. The zero-order valence-corrected chi connectivity index (χ0v) is 18.9. The third-order valence-corrected chi connectivity index (χ3v) is 7.56. The van der Waals surface area contributed by atoms with Gasteiger partial charge in [-0.15, -0.1) is 0 Å². The molecule has 1 aliphatic heterocycles. The Kier molecular flexibility index (Phi) is 6.83. The molecular weight excluding hydrogens is 400 g/mol. The molecule has 1 amide bonds. The molecule has 0 aliphatic carbocycles.